The zero-order valence-corrected chi connectivity index (χ0v) is 12.5. The molecule has 0 bridgehead atoms. The van der Waals surface area contributed by atoms with Crippen LogP contribution in [0.5, 0.6) is 23.0 Å². The highest BCUT2D eigenvalue weighted by Gasteiger charge is 2.19. The molecule has 0 amide bonds. The Hall–Kier alpha value is -2.69. The topological polar surface area (TPSA) is 76.0 Å². The monoisotopic (exact) mass is 302 g/mol. The highest BCUT2D eigenvalue weighted by Crippen LogP contribution is 2.38. The molecule has 2 rings (SSSR count). The van der Waals surface area contributed by atoms with Gasteiger partial charge in [0.25, 0.3) is 0 Å². The van der Waals surface area contributed by atoms with Gasteiger partial charge in [-0.15, -0.1) is 0 Å². The fourth-order valence-corrected chi connectivity index (χ4v) is 1.99. The van der Waals surface area contributed by atoms with E-state index in [0.29, 0.717) is 17.9 Å². The lowest BCUT2D eigenvalue weighted by atomic mass is 10.0. The van der Waals surface area contributed by atoms with Crippen molar-refractivity contribution in [3.63, 3.8) is 0 Å². The van der Waals surface area contributed by atoms with Crippen LogP contribution in [0.25, 0.3) is 0 Å². The Bertz CT molecular complexity index is 661. The molecule has 2 N–H and O–H groups in total. The lowest BCUT2D eigenvalue weighted by Crippen LogP contribution is -2.03. The van der Waals surface area contributed by atoms with Crippen LogP contribution in [0.2, 0.25) is 0 Å². The number of hydrogen-bond donors (Lipinski definition) is 2. The van der Waals surface area contributed by atoms with Gasteiger partial charge in [0.2, 0.25) is 5.75 Å². The van der Waals surface area contributed by atoms with Crippen molar-refractivity contribution in [2.45, 2.75) is 13.3 Å². The number of ketones is 1. The Kier molecular flexibility index (Phi) is 4.88. The Morgan fingerprint density at radius 3 is 2.32 bits per heavy atom. The minimum atomic E-state index is -0.490. The number of hydrogen-bond acceptors (Lipinski definition) is 5. The fraction of sp³-hybridized carbons (Fsp3) is 0.235. The molecule has 0 aliphatic rings. The summed E-state index contributed by atoms with van der Waals surface area (Å²) < 4.78 is 10.3. The summed E-state index contributed by atoms with van der Waals surface area (Å²) >= 11 is 0. The van der Waals surface area contributed by atoms with Gasteiger partial charge < -0.3 is 19.7 Å². The summed E-state index contributed by atoms with van der Waals surface area (Å²) in [6.07, 6.45) is 0.902. The molecule has 0 aromatic heterocycles. The largest absolute Gasteiger partial charge is 0.504 e. The zero-order chi connectivity index (χ0) is 16.1. The highest BCUT2D eigenvalue weighted by molar-refractivity contribution is 6.11. The van der Waals surface area contributed by atoms with Gasteiger partial charge in [0, 0.05) is 5.56 Å². The van der Waals surface area contributed by atoms with Crippen LogP contribution in [-0.2, 0) is 0 Å². The van der Waals surface area contributed by atoms with Gasteiger partial charge in [-0.2, -0.15) is 0 Å². The minimum Gasteiger partial charge on any atom is -0.504 e. The average Bonchev–Trinajstić information content (AvgIpc) is 2.55. The summed E-state index contributed by atoms with van der Waals surface area (Å²) in [6, 6.07) is 9.48. The summed E-state index contributed by atoms with van der Waals surface area (Å²) in [4.78, 5) is 12.4. The van der Waals surface area contributed by atoms with Crippen molar-refractivity contribution in [2.75, 3.05) is 13.7 Å². The van der Waals surface area contributed by atoms with Crippen LogP contribution in [0.4, 0.5) is 0 Å². The summed E-state index contributed by atoms with van der Waals surface area (Å²) in [7, 11) is 1.37. The number of rotatable bonds is 6. The van der Waals surface area contributed by atoms with Crippen molar-refractivity contribution < 1.29 is 24.5 Å². The molecule has 0 saturated carbocycles. The van der Waals surface area contributed by atoms with Crippen LogP contribution < -0.4 is 9.47 Å². The molecule has 2 aromatic carbocycles. The van der Waals surface area contributed by atoms with Crippen LogP contribution in [0.1, 0.15) is 29.3 Å². The normalized spacial score (nSPS) is 10.3. The van der Waals surface area contributed by atoms with Gasteiger partial charge in [-0.05, 0) is 42.8 Å². The van der Waals surface area contributed by atoms with Gasteiger partial charge in [-0.1, -0.05) is 6.92 Å². The molecular weight excluding hydrogens is 284 g/mol. The lowest BCUT2D eigenvalue weighted by Gasteiger charge is -2.10. The fourth-order valence-electron chi connectivity index (χ4n) is 1.99. The molecule has 5 nitrogen and oxygen atoms in total. The first-order valence-corrected chi connectivity index (χ1v) is 6.95. The SMILES string of the molecule is CCCOc1ccc(C(=O)c2ccc(OC)c(O)c2O)cc1. The van der Waals surface area contributed by atoms with Gasteiger partial charge in [-0.25, -0.2) is 0 Å². The van der Waals surface area contributed by atoms with E-state index in [0.717, 1.165) is 6.42 Å². The van der Waals surface area contributed by atoms with E-state index in [1.54, 1.807) is 24.3 Å². The number of carbonyl (C=O) groups excluding carboxylic acids is 1. The molecule has 0 atom stereocenters. The summed E-state index contributed by atoms with van der Waals surface area (Å²) in [5, 5.41) is 19.7. The number of benzene rings is 2. The van der Waals surface area contributed by atoms with Crippen molar-refractivity contribution in [3.8, 4) is 23.0 Å². The third-order valence-corrected chi connectivity index (χ3v) is 3.17. The molecule has 0 fully saturated rings. The van der Waals surface area contributed by atoms with E-state index in [4.69, 9.17) is 9.47 Å². The van der Waals surface area contributed by atoms with Crippen LogP contribution in [0.3, 0.4) is 0 Å². The molecule has 5 heteroatoms. The predicted octanol–water partition coefficient (Wildman–Crippen LogP) is 3.13. The van der Waals surface area contributed by atoms with Crippen LogP contribution >= 0.6 is 0 Å². The third-order valence-electron chi connectivity index (χ3n) is 3.17. The number of carbonyl (C=O) groups is 1. The summed E-state index contributed by atoms with van der Waals surface area (Å²) in [5.41, 5.74) is 0.407. The predicted molar refractivity (Wildman–Crippen MR) is 82.0 cm³/mol. The Morgan fingerprint density at radius 2 is 1.73 bits per heavy atom. The van der Waals surface area contributed by atoms with Gasteiger partial charge in [0.1, 0.15) is 5.75 Å². The van der Waals surface area contributed by atoms with E-state index >= 15 is 0 Å². The smallest absolute Gasteiger partial charge is 0.201 e. The molecule has 0 aliphatic carbocycles. The van der Waals surface area contributed by atoms with E-state index in [1.807, 2.05) is 6.92 Å². The van der Waals surface area contributed by atoms with Gasteiger partial charge in [0.05, 0.1) is 19.3 Å². The van der Waals surface area contributed by atoms with Gasteiger partial charge in [-0.3, -0.25) is 4.79 Å². The second kappa shape index (κ2) is 6.85. The molecule has 0 radical (unpaired) electrons. The third kappa shape index (κ3) is 3.14. The van der Waals surface area contributed by atoms with E-state index in [-0.39, 0.29) is 11.3 Å². The molecule has 0 unspecified atom stereocenters. The number of phenols is 2. The number of ether oxygens (including phenoxy) is 2. The number of phenolic OH excluding ortho intramolecular Hbond substituents is 2. The van der Waals surface area contributed by atoms with Gasteiger partial charge >= 0.3 is 0 Å². The van der Waals surface area contributed by atoms with Crippen molar-refractivity contribution in [2.24, 2.45) is 0 Å². The van der Waals surface area contributed by atoms with Gasteiger partial charge in [0.15, 0.2) is 17.3 Å². The second-order valence-electron chi connectivity index (χ2n) is 4.71. The molecule has 0 heterocycles. The standard InChI is InChI=1S/C17H18O5/c1-3-10-22-12-6-4-11(5-7-12)15(18)13-8-9-14(21-2)17(20)16(13)19/h4-9,19-20H,3,10H2,1-2H3. The van der Waals surface area contributed by atoms with Crippen LogP contribution in [0, 0.1) is 0 Å². The van der Waals surface area contributed by atoms with Crippen molar-refractivity contribution in [1.29, 1.82) is 0 Å². The van der Waals surface area contributed by atoms with E-state index < -0.39 is 17.3 Å². The molecule has 116 valence electrons. The molecular formula is C17H18O5. The molecule has 22 heavy (non-hydrogen) atoms. The molecule has 0 spiro atoms. The van der Waals surface area contributed by atoms with Crippen molar-refractivity contribution >= 4 is 5.78 Å². The van der Waals surface area contributed by atoms with Crippen LogP contribution in [-0.4, -0.2) is 29.7 Å². The maximum atomic E-state index is 12.4. The molecule has 2 aromatic rings. The second-order valence-corrected chi connectivity index (χ2v) is 4.71. The van der Waals surface area contributed by atoms with E-state index in [1.165, 1.54) is 19.2 Å². The first-order valence-electron chi connectivity index (χ1n) is 6.95. The minimum absolute atomic E-state index is 0.0144. The Morgan fingerprint density at radius 1 is 1.05 bits per heavy atom. The lowest BCUT2D eigenvalue weighted by molar-refractivity contribution is 0.103. The highest BCUT2D eigenvalue weighted by atomic mass is 16.5. The summed E-state index contributed by atoms with van der Waals surface area (Å²) in [5.74, 6) is -0.540. The number of aromatic hydroxyl groups is 2. The molecule has 0 aliphatic heterocycles. The van der Waals surface area contributed by atoms with Crippen molar-refractivity contribution in [3.05, 3.63) is 47.5 Å². The maximum absolute atomic E-state index is 12.4. The average molecular weight is 302 g/mol. The first-order chi connectivity index (χ1) is 10.6. The van der Waals surface area contributed by atoms with Crippen LogP contribution in [0.15, 0.2) is 36.4 Å². The quantitative estimate of drug-likeness (QED) is 0.633. The van der Waals surface area contributed by atoms with Crippen molar-refractivity contribution in [1.82, 2.24) is 0 Å². The Labute approximate surface area is 128 Å². The molecule has 0 saturated heterocycles. The first kappa shape index (κ1) is 15.7. The van der Waals surface area contributed by atoms with E-state index in [2.05, 4.69) is 0 Å². The van der Waals surface area contributed by atoms with E-state index in [9.17, 15) is 15.0 Å². The summed E-state index contributed by atoms with van der Waals surface area (Å²) in [6.45, 7) is 2.62. The Balaban J connectivity index is 2.26. The number of methoxy groups -OCH3 is 1. The zero-order valence-electron chi connectivity index (χ0n) is 12.5. The maximum Gasteiger partial charge on any atom is 0.201 e.